The molecule has 5 heteroatoms. The van der Waals surface area contributed by atoms with Crippen molar-refractivity contribution in [1.29, 1.82) is 0 Å². The van der Waals surface area contributed by atoms with Crippen LogP contribution in [0.15, 0.2) is 18.3 Å². The highest BCUT2D eigenvalue weighted by atomic mass is 15.3. The molecule has 1 saturated carbocycles. The SMILES string of the molecule is CC(c1cc(NC2CCNC2)n2nccc2n1)C1CC1. The van der Waals surface area contributed by atoms with Crippen molar-refractivity contribution >= 4 is 11.5 Å². The minimum atomic E-state index is 0.494. The molecule has 0 amide bonds. The summed E-state index contributed by atoms with van der Waals surface area (Å²) in [6.07, 6.45) is 5.69. The third-order valence-corrected chi connectivity index (χ3v) is 4.59. The van der Waals surface area contributed by atoms with Gasteiger partial charge in [0.15, 0.2) is 5.65 Å². The number of rotatable bonds is 4. The second-order valence-corrected chi connectivity index (χ2v) is 6.13. The van der Waals surface area contributed by atoms with Gasteiger partial charge in [0.25, 0.3) is 0 Å². The molecule has 2 N–H and O–H groups in total. The molecule has 1 aliphatic heterocycles. The van der Waals surface area contributed by atoms with Crippen LogP contribution in [0.1, 0.15) is 37.8 Å². The molecule has 2 aromatic heterocycles. The van der Waals surface area contributed by atoms with Gasteiger partial charge < -0.3 is 10.6 Å². The Hall–Kier alpha value is -1.62. The van der Waals surface area contributed by atoms with Crippen molar-refractivity contribution in [1.82, 2.24) is 19.9 Å². The number of hydrogen-bond acceptors (Lipinski definition) is 4. The van der Waals surface area contributed by atoms with Crippen LogP contribution in [0.25, 0.3) is 5.65 Å². The van der Waals surface area contributed by atoms with Crippen molar-refractivity contribution < 1.29 is 0 Å². The van der Waals surface area contributed by atoms with Crippen LogP contribution in [-0.4, -0.2) is 33.7 Å². The highest BCUT2D eigenvalue weighted by Gasteiger charge is 2.30. The molecule has 2 atom stereocenters. The maximum Gasteiger partial charge on any atom is 0.157 e. The summed E-state index contributed by atoms with van der Waals surface area (Å²) >= 11 is 0. The number of anilines is 1. The van der Waals surface area contributed by atoms with E-state index in [4.69, 9.17) is 4.98 Å². The smallest absolute Gasteiger partial charge is 0.157 e. The number of hydrogen-bond donors (Lipinski definition) is 2. The van der Waals surface area contributed by atoms with Gasteiger partial charge in [-0.25, -0.2) is 4.98 Å². The van der Waals surface area contributed by atoms with Gasteiger partial charge in [0.1, 0.15) is 5.82 Å². The third-order valence-electron chi connectivity index (χ3n) is 4.59. The zero-order valence-electron chi connectivity index (χ0n) is 11.8. The zero-order chi connectivity index (χ0) is 13.5. The van der Waals surface area contributed by atoms with Crippen molar-refractivity contribution in [3.63, 3.8) is 0 Å². The number of aromatic nitrogens is 3. The van der Waals surface area contributed by atoms with Gasteiger partial charge in [-0.15, -0.1) is 0 Å². The summed E-state index contributed by atoms with van der Waals surface area (Å²) in [6.45, 7) is 4.42. The Bertz CT molecular complexity index is 610. The van der Waals surface area contributed by atoms with E-state index in [2.05, 4.69) is 28.7 Å². The molecule has 20 heavy (non-hydrogen) atoms. The first-order valence-corrected chi connectivity index (χ1v) is 7.63. The molecular weight excluding hydrogens is 250 g/mol. The van der Waals surface area contributed by atoms with Crippen LogP contribution in [0.2, 0.25) is 0 Å². The third kappa shape index (κ3) is 2.16. The Morgan fingerprint density at radius 2 is 2.30 bits per heavy atom. The lowest BCUT2D eigenvalue weighted by molar-refractivity contribution is 0.642. The molecule has 2 aliphatic rings. The lowest BCUT2D eigenvalue weighted by Gasteiger charge is -2.17. The van der Waals surface area contributed by atoms with Gasteiger partial charge >= 0.3 is 0 Å². The predicted octanol–water partition coefficient (Wildman–Crippen LogP) is 2.02. The molecule has 1 aliphatic carbocycles. The van der Waals surface area contributed by atoms with Crippen LogP contribution in [0.3, 0.4) is 0 Å². The maximum atomic E-state index is 4.78. The van der Waals surface area contributed by atoms with E-state index in [9.17, 15) is 0 Å². The molecule has 2 unspecified atom stereocenters. The Kier molecular flexibility index (Phi) is 2.88. The number of nitrogens with one attached hydrogen (secondary N) is 2. The van der Waals surface area contributed by atoms with E-state index in [1.54, 1.807) is 0 Å². The van der Waals surface area contributed by atoms with Crippen LogP contribution < -0.4 is 10.6 Å². The van der Waals surface area contributed by atoms with Crippen molar-refractivity contribution in [2.75, 3.05) is 18.4 Å². The Balaban J connectivity index is 1.70. The average molecular weight is 271 g/mol. The fourth-order valence-electron chi connectivity index (χ4n) is 3.09. The fraction of sp³-hybridized carbons (Fsp3) is 0.600. The Labute approximate surface area is 118 Å². The molecule has 0 spiro atoms. The van der Waals surface area contributed by atoms with Gasteiger partial charge in [0.2, 0.25) is 0 Å². The molecule has 0 bridgehead atoms. The molecule has 1 saturated heterocycles. The topological polar surface area (TPSA) is 54.2 Å². The lowest BCUT2D eigenvalue weighted by atomic mass is 10.0. The van der Waals surface area contributed by atoms with E-state index in [0.29, 0.717) is 12.0 Å². The Morgan fingerprint density at radius 3 is 3.05 bits per heavy atom. The minimum absolute atomic E-state index is 0.494. The second kappa shape index (κ2) is 4.74. The van der Waals surface area contributed by atoms with Gasteiger partial charge in [-0.05, 0) is 31.7 Å². The van der Waals surface area contributed by atoms with Crippen molar-refractivity contribution in [2.24, 2.45) is 5.92 Å². The zero-order valence-corrected chi connectivity index (χ0v) is 11.8. The highest BCUT2D eigenvalue weighted by Crippen LogP contribution is 2.42. The van der Waals surface area contributed by atoms with Gasteiger partial charge in [-0.3, -0.25) is 0 Å². The summed E-state index contributed by atoms with van der Waals surface area (Å²) in [6, 6.07) is 4.68. The van der Waals surface area contributed by atoms with Crippen LogP contribution in [0.4, 0.5) is 5.82 Å². The second-order valence-electron chi connectivity index (χ2n) is 6.13. The molecular formula is C15H21N5. The van der Waals surface area contributed by atoms with Crippen LogP contribution in [0, 0.1) is 5.92 Å². The van der Waals surface area contributed by atoms with E-state index in [1.165, 1.54) is 25.0 Å². The van der Waals surface area contributed by atoms with Gasteiger partial charge in [-0.1, -0.05) is 6.92 Å². The van der Waals surface area contributed by atoms with Crippen molar-refractivity contribution in [3.8, 4) is 0 Å². The summed E-state index contributed by atoms with van der Waals surface area (Å²) in [5.74, 6) is 2.46. The first-order valence-electron chi connectivity index (χ1n) is 7.63. The van der Waals surface area contributed by atoms with E-state index in [1.807, 2.05) is 16.8 Å². The van der Waals surface area contributed by atoms with E-state index in [0.717, 1.165) is 30.5 Å². The van der Waals surface area contributed by atoms with Gasteiger partial charge in [0, 0.05) is 36.3 Å². The standard InChI is InChI=1S/C15H21N5/c1-10(11-2-3-11)13-8-15(18-12-4-6-16-9-12)20-14(19-13)5-7-17-20/h5,7-8,10-12,16,18H,2-4,6,9H2,1H3. The Morgan fingerprint density at radius 1 is 1.40 bits per heavy atom. The maximum absolute atomic E-state index is 4.78. The molecule has 4 rings (SSSR count). The lowest BCUT2D eigenvalue weighted by Crippen LogP contribution is -2.24. The summed E-state index contributed by atoms with van der Waals surface area (Å²) < 4.78 is 1.92. The molecule has 3 heterocycles. The number of fused-ring (bicyclic) bond motifs is 1. The van der Waals surface area contributed by atoms with E-state index < -0.39 is 0 Å². The van der Waals surface area contributed by atoms with Crippen LogP contribution >= 0.6 is 0 Å². The van der Waals surface area contributed by atoms with Crippen LogP contribution in [0.5, 0.6) is 0 Å². The summed E-state index contributed by atoms with van der Waals surface area (Å²) in [7, 11) is 0. The normalized spacial score (nSPS) is 24.1. The molecule has 5 nitrogen and oxygen atoms in total. The predicted molar refractivity (Wildman–Crippen MR) is 79.0 cm³/mol. The molecule has 0 radical (unpaired) electrons. The highest BCUT2D eigenvalue weighted by molar-refractivity contribution is 5.50. The first kappa shape index (κ1) is 12.1. The average Bonchev–Trinajstić information content (AvgIpc) is 2.97. The quantitative estimate of drug-likeness (QED) is 0.893. The summed E-state index contributed by atoms with van der Waals surface area (Å²) in [5.41, 5.74) is 2.15. The van der Waals surface area contributed by atoms with Crippen molar-refractivity contribution in [3.05, 3.63) is 24.0 Å². The first-order chi connectivity index (χ1) is 9.81. The molecule has 106 valence electrons. The number of nitrogens with zero attached hydrogens (tertiary/aromatic N) is 3. The minimum Gasteiger partial charge on any atom is -0.366 e. The van der Waals surface area contributed by atoms with E-state index in [-0.39, 0.29) is 0 Å². The molecule has 2 aromatic rings. The van der Waals surface area contributed by atoms with Crippen molar-refractivity contribution in [2.45, 2.75) is 38.1 Å². The van der Waals surface area contributed by atoms with E-state index >= 15 is 0 Å². The summed E-state index contributed by atoms with van der Waals surface area (Å²) in [4.78, 5) is 4.78. The monoisotopic (exact) mass is 271 g/mol. The summed E-state index contributed by atoms with van der Waals surface area (Å²) in [5, 5.41) is 11.4. The largest absolute Gasteiger partial charge is 0.366 e. The molecule has 0 aromatic carbocycles. The van der Waals surface area contributed by atoms with Gasteiger partial charge in [-0.2, -0.15) is 9.61 Å². The molecule has 2 fully saturated rings. The van der Waals surface area contributed by atoms with Gasteiger partial charge in [0.05, 0.1) is 6.20 Å². The van der Waals surface area contributed by atoms with Crippen LogP contribution in [-0.2, 0) is 0 Å². The fourth-order valence-corrected chi connectivity index (χ4v) is 3.09.